The number of rotatable bonds is 4. The summed E-state index contributed by atoms with van der Waals surface area (Å²) in [5.74, 6) is 0.512. The maximum Gasteiger partial charge on any atom is 0.228 e. The Balaban J connectivity index is 1.37. The van der Waals surface area contributed by atoms with Crippen molar-refractivity contribution in [1.29, 1.82) is 0 Å². The molecule has 0 saturated carbocycles. The van der Waals surface area contributed by atoms with Gasteiger partial charge in [-0.05, 0) is 48.9 Å². The van der Waals surface area contributed by atoms with Gasteiger partial charge in [-0.15, -0.1) is 0 Å². The first-order chi connectivity index (χ1) is 14.5. The minimum absolute atomic E-state index is 0.00768. The molecule has 2 fully saturated rings. The summed E-state index contributed by atoms with van der Waals surface area (Å²) in [4.78, 5) is 31.5. The third kappa shape index (κ3) is 4.10. The molecular weight excluding hydrogens is 402 g/mol. The van der Waals surface area contributed by atoms with Crippen LogP contribution in [0.25, 0.3) is 0 Å². The molecule has 2 aliphatic heterocycles. The predicted molar refractivity (Wildman–Crippen MR) is 118 cm³/mol. The monoisotopic (exact) mass is 427 g/mol. The highest BCUT2D eigenvalue weighted by Gasteiger charge is 2.38. The highest BCUT2D eigenvalue weighted by atomic mass is 35.5. The minimum atomic E-state index is -0.293. The normalized spacial score (nSPS) is 19.4. The van der Waals surface area contributed by atoms with Gasteiger partial charge in [0, 0.05) is 55.5 Å². The zero-order chi connectivity index (χ0) is 21.3. The minimum Gasteiger partial charge on any atom is -0.497 e. The van der Waals surface area contributed by atoms with Gasteiger partial charge in [0.2, 0.25) is 11.8 Å². The summed E-state index contributed by atoms with van der Waals surface area (Å²) in [5, 5.41) is 0.720. The number of halogens is 1. The predicted octanol–water partition coefficient (Wildman–Crippen LogP) is 3.36. The molecule has 2 aromatic carbocycles. The standard InChI is InChI=1S/C23H26ClN3O3/c1-16-3-4-18(24)14-21(16)25-9-11-26(12-10-25)23(29)17-13-22(28)27(15-17)19-5-7-20(30-2)8-6-19/h3-8,14,17H,9-13,15H2,1-2H3/t17-/m0/s1. The molecule has 2 aromatic rings. The molecule has 2 saturated heterocycles. The Kier molecular flexibility index (Phi) is 5.86. The molecule has 0 aromatic heterocycles. The van der Waals surface area contributed by atoms with Crippen LogP contribution in [0.5, 0.6) is 5.75 Å². The number of carbonyl (C=O) groups is 2. The number of nitrogens with zero attached hydrogens (tertiary/aromatic N) is 3. The number of benzene rings is 2. The number of hydrogen-bond acceptors (Lipinski definition) is 4. The summed E-state index contributed by atoms with van der Waals surface area (Å²) in [7, 11) is 1.61. The van der Waals surface area contributed by atoms with Crippen molar-refractivity contribution in [2.24, 2.45) is 5.92 Å². The van der Waals surface area contributed by atoms with E-state index < -0.39 is 0 Å². The first-order valence-corrected chi connectivity index (χ1v) is 10.6. The lowest BCUT2D eigenvalue weighted by molar-refractivity contribution is -0.136. The maximum atomic E-state index is 13.1. The van der Waals surface area contributed by atoms with Crippen LogP contribution in [0.1, 0.15) is 12.0 Å². The Labute approximate surface area is 182 Å². The number of aryl methyl sites for hydroxylation is 1. The number of methoxy groups -OCH3 is 1. The maximum absolute atomic E-state index is 13.1. The van der Waals surface area contributed by atoms with Crippen molar-refractivity contribution < 1.29 is 14.3 Å². The number of carbonyl (C=O) groups excluding carboxylic acids is 2. The van der Waals surface area contributed by atoms with E-state index in [0.29, 0.717) is 19.6 Å². The third-order valence-corrected chi connectivity index (χ3v) is 6.20. The van der Waals surface area contributed by atoms with E-state index in [1.807, 2.05) is 47.4 Å². The summed E-state index contributed by atoms with van der Waals surface area (Å²) in [6, 6.07) is 13.3. The molecule has 158 valence electrons. The van der Waals surface area contributed by atoms with Crippen LogP contribution in [0.3, 0.4) is 0 Å². The zero-order valence-corrected chi connectivity index (χ0v) is 18.1. The Morgan fingerprint density at radius 3 is 2.43 bits per heavy atom. The second kappa shape index (κ2) is 8.56. The summed E-state index contributed by atoms with van der Waals surface area (Å²) in [6.45, 7) is 5.32. The van der Waals surface area contributed by atoms with Crippen LogP contribution in [0.15, 0.2) is 42.5 Å². The molecule has 30 heavy (non-hydrogen) atoms. The van der Waals surface area contributed by atoms with Crippen molar-refractivity contribution in [1.82, 2.24) is 4.90 Å². The Hall–Kier alpha value is -2.73. The van der Waals surface area contributed by atoms with Crippen molar-refractivity contribution in [2.45, 2.75) is 13.3 Å². The molecule has 7 heteroatoms. The molecular formula is C23H26ClN3O3. The summed E-state index contributed by atoms with van der Waals surface area (Å²) in [6.07, 6.45) is 0.262. The van der Waals surface area contributed by atoms with E-state index in [1.54, 1.807) is 12.0 Å². The van der Waals surface area contributed by atoms with Gasteiger partial charge in [-0.25, -0.2) is 0 Å². The molecule has 0 unspecified atom stereocenters. The number of ether oxygens (including phenoxy) is 1. The van der Waals surface area contributed by atoms with Gasteiger partial charge in [0.25, 0.3) is 0 Å². The van der Waals surface area contributed by atoms with Gasteiger partial charge in [-0.2, -0.15) is 0 Å². The van der Waals surface area contributed by atoms with Crippen LogP contribution in [0, 0.1) is 12.8 Å². The Bertz CT molecular complexity index is 939. The fraction of sp³-hybridized carbons (Fsp3) is 0.391. The fourth-order valence-corrected chi connectivity index (χ4v) is 4.40. The van der Waals surface area contributed by atoms with E-state index >= 15 is 0 Å². The molecule has 0 spiro atoms. The van der Waals surface area contributed by atoms with E-state index in [0.717, 1.165) is 35.2 Å². The van der Waals surface area contributed by atoms with Crippen molar-refractivity contribution in [3.8, 4) is 5.75 Å². The SMILES string of the molecule is COc1ccc(N2C[C@@H](C(=O)N3CCN(c4cc(Cl)ccc4C)CC3)CC2=O)cc1. The number of anilines is 2. The summed E-state index contributed by atoms with van der Waals surface area (Å²) in [5.41, 5.74) is 3.10. The van der Waals surface area contributed by atoms with Crippen LogP contribution in [-0.4, -0.2) is 56.5 Å². The summed E-state index contributed by atoms with van der Waals surface area (Å²) >= 11 is 6.16. The zero-order valence-electron chi connectivity index (χ0n) is 17.3. The Morgan fingerprint density at radius 1 is 1.07 bits per heavy atom. The first kappa shape index (κ1) is 20.5. The highest BCUT2D eigenvalue weighted by Crippen LogP contribution is 2.29. The largest absolute Gasteiger partial charge is 0.497 e. The van der Waals surface area contributed by atoms with E-state index in [1.165, 1.54) is 5.56 Å². The van der Waals surface area contributed by atoms with Crippen LogP contribution < -0.4 is 14.5 Å². The summed E-state index contributed by atoms with van der Waals surface area (Å²) < 4.78 is 5.18. The lowest BCUT2D eigenvalue weighted by Crippen LogP contribution is -2.50. The average molecular weight is 428 g/mol. The molecule has 0 radical (unpaired) electrons. The van der Waals surface area contributed by atoms with E-state index in [-0.39, 0.29) is 24.2 Å². The highest BCUT2D eigenvalue weighted by molar-refractivity contribution is 6.30. The number of hydrogen-bond donors (Lipinski definition) is 0. The van der Waals surface area contributed by atoms with Crippen LogP contribution in [0.4, 0.5) is 11.4 Å². The molecule has 6 nitrogen and oxygen atoms in total. The van der Waals surface area contributed by atoms with Crippen LogP contribution in [0.2, 0.25) is 5.02 Å². The fourth-order valence-electron chi connectivity index (χ4n) is 4.23. The molecule has 0 aliphatic carbocycles. The molecule has 2 amide bonds. The van der Waals surface area contributed by atoms with Crippen LogP contribution in [-0.2, 0) is 9.59 Å². The lowest BCUT2D eigenvalue weighted by atomic mass is 10.1. The molecule has 2 aliphatic rings. The van der Waals surface area contributed by atoms with Crippen LogP contribution >= 0.6 is 11.6 Å². The van der Waals surface area contributed by atoms with Gasteiger partial charge in [0.05, 0.1) is 13.0 Å². The van der Waals surface area contributed by atoms with E-state index in [4.69, 9.17) is 16.3 Å². The lowest BCUT2D eigenvalue weighted by Gasteiger charge is -2.37. The Morgan fingerprint density at radius 2 is 1.77 bits per heavy atom. The molecule has 0 N–H and O–H groups in total. The van der Waals surface area contributed by atoms with Gasteiger partial charge in [-0.3, -0.25) is 9.59 Å². The van der Waals surface area contributed by atoms with Crippen molar-refractivity contribution >= 4 is 34.8 Å². The molecule has 2 heterocycles. The second-order valence-corrected chi connectivity index (χ2v) is 8.28. The quantitative estimate of drug-likeness (QED) is 0.750. The van der Waals surface area contributed by atoms with Gasteiger partial charge < -0.3 is 19.4 Å². The average Bonchev–Trinajstić information content (AvgIpc) is 3.16. The topological polar surface area (TPSA) is 53.1 Å². The van der Waals surface area contributed by atoms with Gasteiger partial charge in [0.15, 0.2) is 0 Å². The number of piperazine rings is 1. The van der Waals surface area contributed by atoms with Crippen molar-refractivity contribution in [2.75, 3.05) is 49.6 Å². The van der Waals surface area contributed by atoms with Gasteiger partial charge in [0.1, 0.15) is 5.75 Å². The molecule has 0 bridgehead atoms. The van der Waals surface area contributed by atoms with E-state index in [2.05, 4.69) is 11.8 Å². The van der Waals surface area contributed by atoms with Gasteiger partial charge >= 0.3 is 0 Å². The van der Waals surface area contributed by atoms with E-state index in [9.17, 15) is 9.59 Å². The van der Waals surface area contributed by atoms with Crippen molar-refractivity contribution in [3.05, 3.63) is 53.1 Å². The smallest absolute Gasteiger partial charge is 0.228 e. The number of amides is 2. The molecule has 1 atom stereocenters. The third-order valence-electron chi connectivity index (χ3n) is 5.96. The van der Waals surface area contributed by atoms with Crippen molar-refractivity contribution in [3.63, 3.8) is 0 Å². The second-order valence-electron chi connectivity index (χ2n) is 7.85. The van der Waals surface area contributed by atoms with Gasteiger partial charge in [-0.1, -0.05) is 17.7 Å². The first-order valence-electron chi connectivity index (χ1n) is 10.2. The molecule has 4 rings (SSSR count).